The van der Waals surface area contributed by atoms with E-state index in [1.54, 1.807) is 0 Å². The number of carbonyl (C=O) groups excluding carboxylic acids is 1. The molecule has 1 amide bonds. The van der Waals surface area contributed by atoms with Crippen LogP contribution in [-0.4, -0.2) is 38.7 Å². The Kier molecular flexibility index (Phi) is 6.94. The van der Waals surface area contributed by atoms with Gasteiger partial charge in [-0.3, -0.25) is 4.79 Å². The molecule has 1 aromatic carbocycles. The zero-order valence-corrected chi connectivity index (χ0v) is 21.5. The van der Waals surface area contributed by atoms with Crippen LogP contribution in [0, 0.1) is 28.9 Å². The maximum atomic E-state index is 15.2. The number of anilines is 1. The van der Waals surface area contributed by atoms with Gasteiger partial charge in [-0.05, 0) is 43.5 Å². The Labute approximate surface area is 220 Å². The molecule has 1 aliphatic rings. The minimum absolute atomic E-state index is 0.0241. The maximum absolute atomic E-state index is 15.2. The zero-order valence-electron chi connectivity index (χ0n) is 20.6. The molecule has 2 aromatic heterocycles. The number of aromatic nitrogens is 3. The van der Waals surface area contributed by atoms with Crippen LogP contribution < -0.4 is 14.8 Å². The lowest BCUT2D eigenvalue weighted by atomic mass is 10.0. The first-order valence-electron chi connectivity index (χ1n) is 11.1. The van der Waals surface area contributed by atoms with Gasteiger partial charge in [0.15, 0.2) is 11.5 Å². The molecular weight excluding hydrogens is 544 g/mol. The first kappa shape index (κ1) is 27.7. The summed E-state index contributed by atoms with van der Waals surface area (Å²) in [6.45, 7) is 0.969. The molecule has 0 bridgehead atoms. The topological polar surface area (TPSA) is 151 Å². The highest BCUT2D eigenvalue weighted by Crippen LogP contribution is 2.49. The molecule has 39 heavy (non-hydrogen) atoms. The Bertz CT molecular complexity index is 1630. The van der Waals surface area contributed by atoms with Gasteiger partial charge < -0.3 is 14.8 Å². The van der Waals surface area contributed by atoms with Gasteiger partial charge in [0.05, 0.1) is 34.0 Å². The molecule has 0 radical (unpaired) electrons. The highest BCUT2D eigenvalue weighted by Gasteiger charge is 2.47. The van der Waals surface area contributed by atoms with E-state index in [-0.39, 0.29) is 16.3 Å². The van der Waals surface area contributed by atoms with Gasteiger partial charge in [-0.25, -0.2) is 18.4 Å². The predicted molar refractivity (Wildman–Crippen MR) is 129 cm³/mol. The second-order valence-electron chi connectivity index (χ2n) is 8.80. The number of alkyl halides is 3. The van der Waals surface area contributed by atoms with Crippen LogP contribution in [0.3, 0.4) is 0 Å². The Morgan fingerprint density at radius 1 is 1.23 bits per heavy atom. The Hall–Kier alpha value is -4.32. The number of nitrogens with one attached hydrogen (secondary N) is 2. The fraction of sp³-hybridized carbons (Fsp3) is 0.292. The van der Waals surface area contributed by atoms with E-state index in [1.807, 2.05) is 0 Å². The summed E-state index contributed by atoms with van der Waals surface area (Å²) in [5.41, 5.74) is -3.70. The molecule has 2 N–H and O–H groups in total. The van der Waals surface area contributed by atoms with Crippen molar-refractivity contribution in [2.24, 2.45) is 0 Å². The number of pyridine rings is 1. The van der Waals surface area contributed by atoms with Crippen molar-refractivity contribution in [2.75, 3.05) is 18.7 Å². The lowest BCUT2D eigenvalue weighted by molar-refractivity contribution is -0.142. The van der Waals surface area contributed by atoms with E-state index in [0.29, 0.717) is 12.8 Å². The van der Waals surface area contributed by atoms with Crippen LogP contribution in [0.15, 0.2) is 35.2 Å². The summed E-state index contributed by atoms with van der Waals surface area (Å²) >= 11 is 0. The standard InChI is InChI=1S/C24H20F4N6O4S/c1-12-17(20(35)31-13-5-4-6-14(9-13)39(3,30)36)21(34-33-19(12)24(26,27)28)38-18-15(25)10-16(32-22(18)37-2)23(11-29)7-8-23/h4-6,9-10,30H,7-8H2,1-3H3,(H,31,35). The normalized spacial score (nSPS) is 15.5. The van der Waals surface area contributed by atoms with Crippen LogP contribution in [-0.2, 0) is 21.3 Å². The number of benzene rings is 1. The summed E-state index contributed by atoms with van der Waals surface area (Å²) < 4.78 is 86.3. The van der Waals surface area contributed by atoms with E-state index in [0.717, 1.165) is 26.4 Å². The summed E-state index contributed by atoms with van der Waals surface area (Å²) in [5, 5.41) is 18.3. The smallest absolute Gasteiger partial charge is 0.435 e. The minimum Gasteiger partial charge on any atom is -0.478 e. The Morgan fingerprint density at radius 2 is 1.92 bits per heavy atom. The van der Waals surface area contributed by atoms with Gasteiger partial charge in [-0.2, -0.15) is 18.4 Å². The van der Waals surface area contributed by atoms with Crippen molar-refractivity contribution < 1.29 is 36.0 Å². The Morgan fingerprint density at radius 3 is 2.49 bits per heavy atom. The van der Waals surface area contributed by atoms with Gasteiger partial charge in [0.25, 0.3) is 17.7 Å². The first-order valence-corrected chi connectivity index (χ1v) is 13.1. The predicted octanol–water partition coefficient (Wildman–Crippen LogP) is 4.98. The van der Waals surface area contributed by atoms with Crippen LogP contribution in [0.2, 0.25) is 0 Å². The number of carbonyl (C=O) groups is 1. The average Bonchev–Trinajstić information content (AvgIpc) is 3.65. The van der Waals surface area contributed by atoms with Crippen LogP contribution in [0.25, 0.3) is 0 Å². The molecule has 1 unspecified atom stereocenters. The van der Waals surface area contributed by atoms with Gasteiger partial charge in [-0.15, -0.1) is 10.2 Å². The van der Waals surface area contributed by atoms with E-state index >= 15 is 4.39 Å². The van der Waals surface area contributed by atoms with Crippen molar-refractivity contribution in [1.82, 2.24) is 15.2 Å². The van der Waals surface area contributed by atoms with Gasteiger partial charge in [-0.1, -0.05) is 6.07 Å². The van der Waals surface area contributed by atoms with Gasteiger partial charge >= 0.3 is 6.18 Å². The number of rotatable bonds is 7. The number of hydrogen-bond donors (Lipinski definition) is 2. The van der Waals surface area contributed by atoms with Crippen molar-refractivity contribution in [3.05, 3.63) is 58.7 Å². The third-order valence-electron chi connectivity index (χ3n) is 5.97. The molecule has 10 nitrogen and oxygen atoms in total. The highest BCUT2D eigenvalue weighted by molar-refractivity contribution is 7.91. The van der Waals surface area contributed by atoms with Crippen molar-refractivity contribution in [1.29, 1.82) is 10.0 Å². The van der Waals surface area contributed by atoms with Crippen molar-refractivity contribution in [3.8, 4) is 23.6 Å². The fourth-order valence-electron chi connectivity index (χ4n) is 3.72. The third kappa shape index (κ3) is 5.46. The fourth-order valence-corrected chi connectivity index (χ4v) is 4.41. The van der Waals surface area contributed by atoms with Crippen LogP contribution in [0.5, 0.6) is 17.5 Å². The second-order valence-corrected chi connectivity index (χ2v) is 11.0. The van der Waals surface area contributed by atoms with Crippen molar-refractivity contribution in [2.45, 2.75) is 36.3 Å². The molecule has 1 aliphatic carbocycles. The van der Waals surface area contributed by atoms with E-state index in [9.17, 15) is 27.4 Å². The SMILES string of the molecule is COc1nc(C2(C#N)CC2)cc(F)c1Oc1nnc(C(F)(F)F)c(C)c1C(=O)Nc1cccc(S(C)(=N)=O)c1. The van der Waals surface area contributed by atoms with E-state index < -0.39 is 67.4 Å². The van der Waals surface area contributed by atoms with Gasteiger partial charge in [0, 0.05) is 22.9 Å². The van der Waals surface area contributed by atoms with Gasteiger partial charge in [0.1, 0.15) is 5.56 Å². The van der Waals surface area contributed by atoms with Crippen LogP contribution in [0.1, 0.15) is 40.2 Å². The molecule has 15 heteroatoms. The van der Waals surface area contributed by atoms with E-state index in [1.165, 1.54) is 24.3 Å². The third-order valence-corrected chi connectivity index (χ3v) is 7.12. The molecule has 3 aromatic rings. The zero-order chi connectivity index (χ0) is 28.8. The lowest BCUT2D eigenvalue weighted by Gasteiger charge is -2.17. The van der Waals surface area contributed by atoms with Crippen LogP contribution >= 0.6 is 0 Å². The minimum atomic E-state index is -4.98. The van der Waals surface area contributed by atoms with Crippen LogP contribution in [0.4, 0.5) is 23.2 Å². The molecule has 0 aliphatic heterocycles. The number of amides is 1. The monoisotopic (exact) mass is 564 g/mol. The van der Waals surface area contributed by atoms with E-state index in [2.05, 4.69) is 26.6 Å². The molecular formula is C24H20F4N6O4S. The van der Waals surface area contributed by atoms with Crippen molar-refractivity contribution in [3.63, 3.8) is 0 Å². The molecule has 1 atom stereocenters. The summed E-state index contributed by atoms with van der Waals surface area (Å²) in [6.07, 6.45) is -2.90. The molecule has 0 saturated heterocycles. The van der Waals surface area contributed by atoms with Gasteiger partial charge in [0.2, 0.25) is 5.75 Å². The summed E-state index contributed by atoms with van der Waals surface area (Å²) in [5.74, 6) is -4.05. The largest absolute Gasteiger partial charge is 0.478 e. The summed E-state index contributed by atoms with van der Waals surface area (Å²) in [7, 11) is -2.02. The Balaban J connectivity index is 1.80. The quantitative estimate of drug-likeness (QED) is 0.381. The number of nitrogens with zero attached hydrogens (tertiary/aromatic N) is 4. The molecule has 1 saturated carbocycles. The first-order chi connectivity index (χ1) is 18.2. The number of hydrogen-bond acceptors (Lipinski definition) is 9. The number of halogens is 4. The summed E-state index contributed by atoms with van der Waals surface area (Å²) in [6, 6.07) is 8.42. The number of nitriles is 1. The van der Waals surface area contributed by atoms with Crippen molar-refractivity contribution >= 4 is 21.3 Å². The lowest BCUT2D eigenvalue weighted by Crippen LogP contribution is -2.21. The number of methoxy groups -OCH3 is 1. The molecule has 1 fully saturated rings. The molecule has 2 heterocycles. The maximum Gasteiger partial charge on any atom is 0.435 e. The average molecular weight is 565 g/mol. The molecule has 204 valence electrons. The second kappa shape index (κ2) is 9.77. The highest BCUT2D eigenvalue weighted by atomic mass is 32.2. The van der Waals surface area contributed by atoms with E-state index in [4.69, 9.17) is 14.3 Å². The summed E-state index contributed by atoms with van der Waals surface area (Å²) in [4.78, 5) is 17.4. The molecule has 4 rings (SSSR count). The number of ether oxygens (including phenoxy) is 2. The molecule has 0 spiro atoms.